The first-order valence-corrected chi connectivity index (χ1v) is 5.53. The number of carbonyl (C=O) groups is 1. The van der Waals surface area contributed by atoms with Crippen LogP contribution in [0.15, 0.2) is 18.2 Å². The van der Waals surface area contributed by atoms with Crippen molar-refractivity contribution in [3.63, 3.8) is 0 Å². The highest BCUT2D eigenvalue weighted by atomic mass is 16.5. The number of hydrogen-bond acceptors (Lipinski definition) is 4. The number of rotatable bonds is 2. The van der Waals surface area contributed by atoms with E-state index in [2.05, 4.69) is 0 Å². The van der Waals surface area contributed by atoms with E-state index in [1.807, 2.05) is 0 Å². The van der Waals surface area contributed by atoms with E-state index in [1.165, 1.54) is 0 Å². The second-order valence-electron chi connectivity index (χ2n) is 3.86. The zero-order valence-corrected chi connectivity index (χ0v) is 9.81. The van der Waals surface area contributed by atoms with Crippen molar-refractivity contribution < 1.29 is 14.3 Å². The molecule has 2 N–H and O–H groups in total. The number of amides is 1. The lowest BCUT2D eigenvalue weighted by Gasteiger charge is -2.27. The molecule has 1 saturated heterocycles. The van der Waals surface area contributed by atoms with Crippen LogP contribution in [0, 0.1) is 0 Å². The highest BCUT2D eigenvalue weighted by Crippen LogP contribution is 2.21. The van der Waals surface area contributed by atoms with E-state index < -0.39 is 0 Å². The predicted octanol–water partition coefficient (Wildman–Crippen LogP) is 0.750. The molecular formula is C12H16N2O3. The molecule has 5 nitrogen and oxygen atoms in total. The fraction of sp³-hybridized carbons (Fsp3) is 0.417. The number of nitrogens with two attached hydrogens (primary N) is 1. The molecule has 92 valence electrons. The van der Waals surface area contributed by atoms with E-state index in [1.54, 1.807) is 30.2 Å². The maximum atomic E-state index is 12.2. The van der Waals surface area contributed by atoms with Gasteiger partial charge in [-0.2, -0.15) is 0 Å². The fourth-order valence-corrected chi connectivity index (χ4v) is 1.80. The summed E-state index contributed by atoms with van der Waals surface area (Å²) in [6.07, 6.45) is 0. The summed E-state index contributed by atoms with van der Waals surface area (Å²) in [5.41, 5.74) is 6.81. The molecule has 1 amide bonds. The largest absolute Gasteiger partial charge is 0.497 e. The topological polar surface area (TPSA) is 64.8 Å². The minimum absolute atomic E-state index is 0.0477. The molecule has 1 aromatic carbocycles. The van der Waals surface area contributed by atoms with Gasteiger partial charge in [0.15, 0.2) is 0 Å². The van der Waals surface area contributed by atoms with Crippen LogP contribution in [0.4, 0.5) is 5.69 Å². The van der Waals surface area contributed by atoms with Crippen molar-refractivity contribution in [3.8, 4) is 5.75 Å². The third-order valence-electron chi connectivity index (χ3n) is 2.79. The first-order chi connectivity index (χ1) is 8.22. The van der Waals surface area contributed by atoms with E-state index in [4.69, 9.17) is 15.2 Å². The molecule has 17 heavy (non-hydrogen) atoms. The number of carbonyl (C=O) groups excluding carboxylic acids is 1. The Bertz CT molecular complexity index is 414. The number of anilines is 1. The van der Waals surface area contributed by atoms with Gasteiger partial charge < -0.3 is 20.1 Å². The quantitative estimate of drug-likeness (QED) is 0.769. The van der Waals surface area contributed by atoms with Crippen LogP contribution >= 0.6 is 0 Å². The first-order valence-electron chi connectivity index (χ1n) is 5.53. The monoisotopic (exact) mass is 236 g/mol. The summed E-state index contributed by atoms with van der Waals surface area (Å²) in [5.74, 6) is 0.606. The number of nitrogen functional groups attached to an aromatic ring is 1. The van der Waals surface area contributed by atoms with Gasteiger partial charge in [0.05, 0.1) is 25.9 Å². The maximum absolute atomic E-state index is 12.2. The van der Waals surface area contributed by atoms with Crippen LogP contribution in [-0.4, -0.2) is 44.2 Å². The molecule has 1 aliphatic rings. The van der Waals surface area contributed by atoms with Crippen LogP contribution in [0.2, 0.25) is 0 Å². The molecule has 5 heteroatoms. The zero-order valence-electron chi connectivity index (χ0n) is 9.81. The Kier molecular flexibility index (Phi) is 3.49. The van der Waals surface area contributed by atoms with Crippen molar-refractivity contribution >= 4 is 11.6 Å². The van der Waals surface area contributed by atoms with Crippen LogP contribution in [-0.2, 0) is 4.74 Å². The molecule has 0 saturated carbocycles. The smallest absolute Gasteiger partial charge is 0.256 e. The molecule has 0 aliphatic carbocycles. The molecule has 1 heterocycles. The third kappa shape index (κ3) is 2.50. The number of nitrogens with zero attached hydrogens (tertiary/aromatic N) is 1. The number of morpholine rings is 1. The van der Waals surface area contributed by atoms with Crippen molar-refractivity contribution in [1.82, 2.24) is 4.90 Å². The summed E-state index contributed by atoms with van der Waals surface area (Å²) >= 11 is 0. The van der Waals surface area contributed by atoms with Gasteiger partial charge in [-0.1, -0.05) is 0 Å². The van der Waals surface area contributed by atoms with E-state index >= 15 is 0 Å². The van der Waals surface area contributed by atoms with E-state index in [0.29, 0.717) is 43.3 Å². The highest BCUT2D eigenvalue weighted by Gasteiger charge is 2.20. The highest BCUT2D eigenvalue weighted by molar-refractivity contribution is 5.99. The van der Waals surface area contributed by atoms with Gasteiger partial charge in [-0.25, -0.2) is 0 Å². The van der Waals surface area contributed by atoms with Crippen LogP contribution in [0.1, 0.15) is 10.4 Å². The summed E-state index contributed by atoms with van der Waals surface area (Å²) in [6.45, 7) is 2.40. The Morgan fingerprint density at radius 2 is 2.12 bits per heavy atom. The Morgan fingerprint density at radius 1 is 1.41 bits per heavy atom. The normalized spacial score (nSPS) is 15.7. The summed E-state index contributed by atoms with van der Waals surface area (Å²) in [7, 11) is 1.57. The van der Waals surface area contributed by atoms with Crippen LogP contribution in [0.3, 0.4) is 0 Å². The van der Waals surface area contributed by atoms with Crippen LogP contribution < -0.4 is 10.5 Å². The van der Waals surface area contributed by atoms with Gasteiger partial charge in [-0.05, 0) is 12.1 Å². The lowest BCUT2D eigenvalue weighted by molar-refractivity contribution is 0.0303. The summed E-state index contributed by atoms with van der Waals surface area (Å²) in [6, 6.07) is 5.10. The second-order valence-corrected chi connectivity index (χ2v) is 3.86. The number of benzene rings is 1. The number of ether oxygens (including phenoxy) is 2. The Morgan fingerprint density at radius 3 is 2.71 bits per heavy atom. The summed E-state index contributed by atoms with van der Waals surface area (Å²) in [5, 5.41) is 0. The lowest BCUT2D eigenvalue weighted by Crippen LogP contribution is -2.40. The molecule has 2 rings (SSSR count). The average molecular weight is 236 g/mol. The van der Waals surface area contributed by atoms with Crippen LogP contribution in [0.25, 0.3) is 0 Å². The molecule has 1 aliphatic heterocycles. The molecule has 1 aromatic rings. The molecule has 0 atom stereocenters. The number of methoxy groups -OCH3 is 1. The fourth-order valence-electron chi connectivity index (χ4n) is 1.80. The van der Waals surface area contributed by atoms with Gasteiger partial charge in [0.25, 0.3) is 5.91 Å². The molecule has 0 aromatic heterocycles. The third-order valence-corrected chi connectivity index (χ3v) is 2.79. The van der Waals surface area contributed by atoms with Crippen LogP contribution in [0.5, 0.6) is 5.75 Å². The predicted molar refractivity (Wildman–Crippen MR) is 64.1 cm³/mol. The van der Waals surface area contributed by atoms with Gasteiger partial charge in [0, 0.05) is 24.8 Å². The van der Waals surface area contributed by atoms with E-state index in [9.17, 15) is 4.79 Å². The van der Waals surface area contributed by atoms with E-state index in [0.717, 1.165) is 0 Å². The first kappa shape index (κ1) is 11.7. The standard InChI is InChI=1S/C12H16N2O3/c1-16-9-2-3-10(11(13)8-9)12(15)14-4-6-17-7-5-14/h2-3,8H,4-7,13H2,1H3. The van der Waals surface area contributed by atoms with Crippen molar-refractivity contribution in [1.29, 1.82) is 0 Å². The van der Waals surface area contributed by atoms with Gasteiger partial charge in [-0.15, -0.1) is 0 Å². The SMILES string of the molecule is COc1ccc(C(=O)N2CCOCC2)c(N)c1. The average Bonchev–Trinajstić information content (AvgIpc) is 2.39. The molecular weight excluding hydrogens is 220 g/mol. The minimum atomic E-state index is -0.0477. The summed E-state index contributed by atoms with van der Waals surface area (Å²) in [4.78, 5) is 13.9. The summed E-state index contributed by atoms with van der Waals surface area (Å²) < 4.78 is 10.3. The molecule has 0 unspecified atom stereocenters. The Balaban J connectivity index is 2.18. The molecule has 1 fully saturated rings. The molecule has 0 bridgehead atoms. The lowest BCUT2D eigenvalue weighted by atomic mass is 10.1. The van der Waals surface area contributed by atoms with Crippen molar-refractivity contribution in [2.45, 2.75) is 0 Å². The zero-order chi connectivity index (χ0) is 12.3. The Labute approximate surface area is 100 Å². The Hall–Kier alpha value is -1.75. The van der Waals surface area contributed by atoms with Gasteiger partial charge >= 0.3 is 0 Å². The van der Waals surface area contributed by atoms with E-state index in [-0.39, 0.29) is 5.91 Å². The van der Waals surface area contributed by atoms with Crippen molar-refractivity contribution in [2.24, 2.45) is 0 Å². The van der Waals surface area contributed by atoms with Gasteiger partial charge in [0.1, 0.15) is 5.75 Å². The maximum Gasteiger partial charge on any atom is 0.256 e. The second kappa shape index (κ2) is 5.05. The van der Waals surface area contributed by atoms with Gasteiger partial charge in [0.2, 0.25) is 0 Å². The van der Waals surface area contributed by atoms with Gasteiger partial charge in [-0.3, -0.25) is 4.79 Å². The van der Waals surface area contributed by atoms with Crippen molar-refractivity contribution in [3.05, 3.63) is 23.8 Å². The number of hydrogen-bond donors (Lipinski definition) is 1. The minimum Gasteiger partial charge on any atom is -0.497 e. The van der Waals surface area contributed by atoms with Crippen molar-refractivity contribution in [2.75, 3.05) is 39.1 Å². The molecule has 0 spiro atoms. The molecule has 0 radical (unpaired) electrons.